The molecule has 2 rings (SSSR count). The van der Waals surface area contributed by atoms with Crippen molar-refractivity contribution in [1.82, 2.24) is 15.2 Å². The zero-order valence-corrected chi connectivity index (χ0v) is 11.1. The Kier molecular flexibility index (Phi) is 3.79. The number of nitrogens with zero attached hydrogens (tertiary/aromatic N) is 2. The van der Waals surface area contributed by atoms with E-state index in [1.165, 1.54) is 12.0 Å². The van der Waals surface area contributed by atoms with Gasteiger partial charge in [0.15, 0.2) is 0 Å². The third-order valence-corrected chi connectivity index (χ3v) is 3.67. The largest absolute Gasteiger partial charge is 0.312 e. The SMILES string of the molecule is CC1CCN(Cc2cccnc2)C(C)(C)CN1. The van der Waals surface area contributed by atoms with Gasteiger partial charge in [0.05, 0.1) is 0 Å². The second kappa shape index (κ2) is 5.15. The van der Waals surface area contributed by atoms with E-state index in [9.17, 15) is 0 Å². The molecule has 1 aliphatic heterocycles. The van der Waals surface area contributed by atoms with Crippen LogP contribution in [-0.4, -0.2) is 34.6 Å². The van der Waals surface area contributed by atoms with Crippen LogP contribution in [0.5, 0.6) is 0 Å². The van der Waals surface area contributed by atoms with Crippen molar-refractivity contribution < 1.29 is 0 Å². The molecule has 1 atom stereocenters. The van der Waals surface area contributed by atoms with E-state index < -0.39 is 0 Å². The monoisotopic (exact) mass is 233 g/mol. The number of hydrogen-bond acceptors (Lipinski definition) is 3. The van der Waals surface area contributed by atoms with Gasteiger partial charge in [-0.3, -0.25) is 9.88 Å². The molecule has 17 heavy (non-hydrogen) atoms. The maximum atomic E-state index is 4.19. The Morgan fingerprint density at radius 1 is 1.53 bits per heavy atom. The number of pyridine rings is 1. The molecule has 1 aromatic rings. The molecule has 0 radical (unpaired) electrons. The van der Waals surface area contributed by atoms with Crippen LogP contribution < -0.4 is 5.32 Å². The van der Waals surface area contributed by atoms with Gasteiger partial charge in [0.1, 0.15) is 0 Å². The molecule has 1 aromatic heterocycles. The quantitative estimate of drug-likeness (QED) is 0.847. The van der Waals surface area contributed by atoms with Crippen LogP contribution in [0.25, 0.3) is 0 Å². The fraction of sp³-hybridized carbons (Fsp3) is 0.643. The predicted molar refractivity (Wildman–Crippen MR) is 70.8 cm³/mol. The number of aromatic nitrogens is 1. The van der Waals surface area contributed by atoms with Crippen molar-refractivity contribution in [3.8, 4) is 0 Å². The lowest BCUT2D eigenvalue weighted by Gasteiger charge is -2.36. The Hall–Kier alpha value is -0.930. The molecule has 1 aliphatic rings. The van der Waals surface area contributed by atoms with Gasteiger partial charge in [-0.15, -0.1) is 0 Å². The summed E-state index contributed by atoms with van der Waals surface area (Å²) in [6.45, 7) is 10.1. The molecule has 3 nitrogen and oxygen atoms in total. The summed E-state index contributed by atoms with van der Waals surface area (Å²) in [7, 11) is 0. The molecule has 0 amide bonds. The third-order valence-electron chi connectivity index (χ3n) is 3.67. The fourth-order valence-electron chi connectivity index (χ4n) is 2.30. The highest BCUT2D eigenvalue weighted by Gasteiger charge is 2.29. The summed E-state index contributed by atoms with van der Waals surface area (Å²) < 4.78 is 0. The van der Waals surface area contributed by atoms with Gasteiger partial charge in [0, 0.05) is 43.6 Å². The molecule has 94 valence electrons. The molecule has 1 saturated heterocycles. The van der Waals surface area contributed by atoms with Crippen molar-refractivity contribution in [3.63, 3.8) is 0 Å². The first-order valence-corrected chi connectivity index (χ1v) is 6.45. The Labute approximate surface area is 104 Å². The summed E-state index contributed by atoms with van der Waals surface area (Å²) in [5.41, 5.74) is 1.51. The zero-order valence-electron chi connectivity index (χ0n) is 11.1. The molecule has 1 N–H and O–H groups in total. The smallest absolute Gasteiger partial charge is 0.0312 e. The summed E-state index contributed by atoms with van der Waals surface area (Å²) in [6, 6.07) is 4.79. The highest BCUT2D eigenvalue weighted by molar-refractivity contribution is 5.09. The Morgan fingerprint density at radius 3 is 3.06 bits per heavy atom. The molecule has 0 spiro atoms. The summed E-state index contributed by atoms with van der Waals surface area (Å²) >= 11 is 0. The first kappa shape index (κ1) is 12.5. The van der Waals surface area contributed by atoms with Crippen molar-refractivity contribution in [3.05, 3.63) is 30.1 Å². The van der Waals surface area contributed by atoms with E-state index >= 15 is 0 Å². The molecule has 0 bridgehead atoms. The standard InChI is InChI=1S/C14H23N3/c1-12-6-8-17(14(2,3)11-16-12)10-13-5-4-7-15-9-13/h4-5,7,9,12,16H,6,8,10-11H2,1-3H3. The van der Waals surface area contributed by atoms with Gasteiger partial charge in [-0.2, -0.15) is 0 Å². The topological polar surface area (TPSA) is 28.2 Å². The minimum atomic E-state index is 0.209. The molecular weight excluding hydrogens is 210 g/mol. The van der Waals surface area contributed by atoms with Crippen molar-refractivity contribution in [2.75, 3.05) is 13.1 Å². The molecule has 3 heteroatoms. The van der Waals surface area contributed by atoms with Crippen LogP contribution in [0.15, 0.2) is 24.5 Å². The second-order valence-corrected chi connectivity index (χ2v) is 5.67. The van der Waals surface area contributed by atoms with Gasteiger partial charge in [0.25, 0.3) is 0 Å². The van der Waals surface area contributed by atoms with Crippen molar-refractivity contribution >= 4 is 0 Å². The van der Waals surface area contributed by atoms with Crippen LogP contribution in [0.2, 0.25) is 0 Å². The van der Waals surface area contributed by atoms with Crippen LogP contribution in [0.4, 0.5) is 0 Å². The van der Waals surface area contributed by atoms with Crippen LogP contribution in [-0.2, 0) is 6.54 Å². The first-order valence-electron chi connectivity index (χ1n) is 6.45. The minimum Gasteiger partial charge on any atom is -0.312 e. The second-order valence-electron chi connectivity index (χ2n) is 5.67. The lowest BCUT2D eigenvalue weighted by atomic mass is 10.0. The summed E-state index contributed by atoms with van der Waals surface area (Å²) in [5, 5.41) is 3.59. The van der Waals surface area contributed by atoms with Gasteiger partial charge in [-0.1, -0.05) is 6.07 Å². The van der Waals surface area contributed by atoms with Crippen LogP contribution >= 0.6 is 0 Å². The lowest BCUT2D eigenvalue weighted by molar-refractivity contribution is 0.124. The van der Waals surface area contributed by atoms with E-state index in [-0.39, 0.29) is 5.54 Å². The van der Waals surface area contributed by atoms with Gasteiger partial charge in [-0.05, 0) is 38.8 Å². The Balaban J connectivity index is 2.07. The molecular formula is C14H23N3. The highest BCUT2D eigenvalue weighted by Crippen LogP contribution is 2.20. The van der Waals surface area contributed by atoms with E-state index in [1.807, 2.05) is 18.5 Å². The van der Waals surface area contributed by atoms with E-state index in [4.69, 9.17) is 0 Å². The zero-order chi connectivity index (χ0) is 12.3. The molecule has 1 unspecified atom stereocenters. The highest BCUT2D eigenvalue weighted by atomic mass is 15.2. The van der Waals surface area contributed by atoms with Crippen LogP contribution in [0.3, 0.4) is 0 Å². The van der Waals surface area contributed by atoms with E-state index in [0.717, 1.165) is 19.6 Å². The van der Waals surface area contributed by atoms with E-state index in [1.54, 1.807) is 0 Å². The normalized spacial score (nSPS) is 25.5. The van der Waals surface area contributed by atoms with Gasteiger partial charge < -0.3 is 5.32 Å². The number of rotatable bonds is 2. The van der Waals surface area contributed by atoms with Gasteiger partial charge in [-0.25, -0.2) is 0 Å². The van der Waals surface area contributed by atoms with Crippen molar-refractivity contribution in [1.29, 1.82) is 0 Å². The lowest BCUT2D eigenvalue weighted by Crippen LogP contribution is -2.48. The summed E-state index contributed by atoms with van der Waals surface area (Å²) in [5.74, 6) is 0. The third kappa shape index (κ3) is 3.27. The Morgan fingerprint density at radius 2 is 2.35 bits per heavy atom. The first-order chi connectivity index (χ1) is 8.08. The summed E-state index contributed by atoms with van der Waals surface area (Å²) in [6.07, 6.45) is 5.02. The maximum absolute atomic E-state index is 4.19. The minimum absolute atomic E-state index is 0.209. The average molecular weight is 233 g/mol. The Bertz CT molecular complexity index is 348. The molecule has 2 heterocycles. The number of hydrogen-bond donors (Lipinski definition) is 1. The van der Waals surface area contributed by atoms with Crippen LogP contribution in [0, 0.1) is 0 Å². The average Bonchev–Trinajstić information content (AvgIpc) is 2.44. The number of nitrogens with one attached hydrogen (secondary N) is 1. The van der Waals surface area contributed by atoms with E-state index in [2.05, 4.69) is 42.0 Å². The molecule has 0 saturated carbocycles. The van der Waals surface area contributed by atoms with Gasteiger partial charge in [0.2, 0.25) is 0 Å². The van der Waals surface area contributed by atoms with Crippen molar-refractivity contribution in [2.24, 2.45) is 0 Å². The molecule has 0 aliphatic carbocycles. The van der Waals surface area contributed by atoms with Gasteiger partial charge >= 0.3 is 0 Å². The molecule has 1 fully saturated rings. The molecule has 0 aromatic carbocycles. The van der Waals surface area contributed by atoms with E-state index in [0.29, 0.717) is 6.04 Å². The fourth-order valence-corrected chi connectivity index (χ4v) is 2.30. The maximum Gasteiger partial charge on any atom is 0.0312 e. The van der Waals surface area contributed by atoms with Crippen molar-refractivity contribution in [2.45, 2.75) is 45.3 Å². The summed E-state index contributed by atoms with van der Waals surface area (Å²) in [4.78, 5) is 6.75. The van der Waals surface area contributed by atoms with Crippen LogP contribution in [0.1, 0.15) is 32.8 Å². The predicted octanol–water partition coefficient (Wildman–Crippen LogP) is 2.04.